The maximum Gasteiger partial charge on any atom is 0.335 e. The number of nitrogens with zero attached hydrogens (tertiary/aromatic N) is 4. The van der Waals surface area contributed by atoms with Crippen LogP contribution in [0.3, 0.4) is 0 Å². The molecule has 0 fully saturated rings. The zero-order valence-electron chi connectivity index (χ0n) is 19.0. The van der Waals surface area contributed by atoms with Crippen molar-refractivity contribution in [2.75, 3.05) is 0 Å². The summed E-state index contributed by atoms with van der Waals surface area (Å²) >= 11 is 0. The Morgan fingerprint density at radius 3 is 1.38 bits per heavy atom. The Morgan fingerprint density at radius 1 is 0.538 bits per heavy atom. The molecular weight excluding hydrogens is 585 g/mol. The van der Waals surface area contributed by atoms with Crippen LogP contribution in [-0.4, -0.2) is 30.4 Å². The van der Waals surface area contributed by atoms with E-state index in [0.717, 1.165) is 12.1 Å². The molecule has 0 saturated carbocycles. The summed E-state index contributed by atoms with van der Waals surface area (Å²) in [4.78, 5) is -3.55. The first-order chi connectivity index (χ1) is 18.1. The van der Waals surface area contributed by atoms with Gasteiger partial charge in [-0.05, 0) is 48.5 Å². The molecule has 0 saturated heterocycles. The Bertz CT molecular complexity index is 1950. The maximum atomic E-state index is 13.6. The number of benzene rings is 4. The first-order valence-corrected chi connectivity index (χ1v) is 14.5. The van der Waals surface area contributed by atoms with Crippen molar-refractivity contribution in [3.8, 4) is 5.75 Å². The number of rotatable bonds is 7. The highest BCUT2D eigenvalue weighted by atomic mass is 32.3. The lowest BCUT2D eigenvalue weighted by Crippen LogP contribution is -1.99. The molecule has 0 aliphatic carbocycles. The Morgan fingerprint density at radius 2 is 0.974 bits per heavy atom. The van der Waals surface area contributed by atoms with Gasteiger partial charge < -0.3 is 5.11 Å². The summed E-state index contributed by atoms with van der Waals surface area (Å²) in [5.41, 5.74) is 0.115. The minimum atomic E-state index is -5.65. The molecule has 4 aromatic rings. The van der Waals surface area contributed by atoms with Crippen LogP contribution in [0, 0.1) is 0 Å². The van der Waals surface area contributed by atoms with Gasteiger partial charge in [-0.25, -0.2) is 0 Å². The third kappa shape index (κ3) is 6.27. The molecule has 0 unspecified atom stereocenters. The summed E-state index contributed by atoms with van der Waals surface area (Å²) in [6.45, 7) is 0. The predicted octanol–water partition coefficient (Wildman–Crippen LogP) is 6.35. The molecule has 0 radical (unpaired) electrons. The van der Waals surface area contributed by atoms with Crippen molar-refractivity contribution in [3.63, 3.8) is 0 Å². The van der Waals surface area contributed by atoms with Crippen LogP contribution >= 0.6 is 0 Å². The lowest BCUT2D eigenvalue weighted by atomic mass is 10.1. The van der Waals surface area contributed by atoms with Crippen LogP contribution in [0.2, 0.25) is 0 Å². The minimum Gasteiger partial charge on any atom is -0.505 e. The molecule has 17 heteroatoms. The largest absolute Gasteiger partial charge is 0.505 e. The molecule has 4 rings (SSSR count). The number of halogens is 3. The third-order valence-corrected chi connectivity index (χ3v) is 7.60. The molecule has 0 spiro atoms. The summed E-state index contributed by atoms with van der Waals surface area (Å²) in [6, 6.07) is 14.9. The fourth-order valence-corrected chi connectivity index (χ4v) is 5.07. The molecule has 1 N–H and O–H groups in total. The number of fused-ring (bicyclic) bond motifs is 1. The van der Waals surface area contributed by atoms with Crippen molar-refractivity contribution in [1.29, 1.82) is 0 Å². The van der Waals surface area contributed by atoms with Crippen LogP contribution in [0.25, 0.3) is 10.8 Å². The van der Waals surface area contributed by atoms with E-state index in [9.17, 15) is 42.0 Å². The monoisotopic (exact) mass is 598 g/mol. The van der Waals surface area contributed by atoms with Crippen LogP contribution in [0.1, 0.15) is 0 Å². The van der Waals surface area contributed by atoms with Crippen LogP contribution < -0.4 is 0 Å². The fraction of sp³-hybridized carbons (Fsp3) is 0. The Kier molecular flexibility index (Phi) is 7.24. The molecule has 202 valence electrons. The zero-order chi connectivity index (χ0) is 28.6. The summed E-state index contributed by atoms with van der Waals surface area (Å²) in [5, 5.41) is 26.4. The van der Waals surface area contributed by atoms with Crippen LogP contribution in [0.5, 0.6) is 5.75 Å². The highest BCUT2D eigenvalue weighted by molar-refractivity contribution is 7.87. The summed E-state index contributed by atoms with van der Waals surface area (Å²) in [5.74, 6) is -1.64. The van der Waals surface area contributed by atoms with Crippen molar-refractivity contribution in [1.82, 2.24) is 0 Å². The Labute approximate surface area is 219 Å². The number of phenolic OH excluding ortho intramolecular Hbond substituents is 1. The van der Waals surface area contributed by atoms with E-state index in [4.69, 9.17) is 0 Å². The van der Waals surface area contributed by atoms with E-state index >= 15 is 0 Å². The standard InChI is InChI=1S/C22H13F3N4O7S3/c23-37(31,32)15-7-5-13(6-8-15)26-28-18-9-10-19(17-4-2-1-3-16(17)18)29-27-14-11-20(38(24,33)34)22(30)21(12-14)39(25,35)36/h1-12,30H. The highest BCUT2D eigenvalue weighted by Gasteiger charge is 2.28. The van der Waals surface area contributed by atoms with Gasteiger partial charge in [0.15, 0.2) is 5.75 Å². The fourth-order valence-electron chi connectivity index (χ4n) is 3.34. The van der Waals surface area contributed by atoms with E-state index in [0.29, 0.717) is 28.6 Å². The molecule has 0 atom stereocenters. The van der Waals surface area contributed by atoms with Gasteiger partial charge in [0.2, 0.25) is 0 Å². The third-order valence-electron chi connectivity index (χ3n) is 5.09. The van der Waals surface area contributed by atoms with Crippen LogP contribution in [0.15, 0.2) is 108 Å². The number of aromatic hydroxyl groups is 1. The second-order valence-corrected chi connectivity index (χ2v) is 11.6. The summed E-state index contributed by atoms with van der Waals surface area (Å²) in [6.07, 6.45) is 0. The average Bonchev–Trinajstić information content (AvgIpc) is 2.85. The molecule has 0 aliphatic heterocycles. The van der Waals surface area contributed by atoms with Gasteiger partial charge >= 0.3 is 30.7 Å². The topological polar surface area (TPSA) is 172 Å². The molecule has 0 amide bonds. The lowest BCUT2D eigenvalue weighted by Gasteiger charge is -2.06. The Balaban J connectivity index is 1.74. The van der Waals surface area contributed by atoms with Crippen LogP contribution in [-0.2, 0) is 30.7 Å². The van der Waals surface area contributed by atoms with Gasteiger partial charge in [0.05, 0.1) is 27.6 Å². The van der Waals surface area contributed by atoms with Crippen LogP contribution in [0.4, 0.5) is 34.4 Å². The second-order valence-electron chi connectivity index (χ2n) is 7.65. The smallest absolute Gasteiger partial charge is 0.335 e. The predicted molar refractivity (Wildman–Crippen MR) is 132 cm³/mol. The van der Waals surface area contributed by atoms with Gasteiger partial charge in [0, 0.05) is 10.8 Å². The van der Waals surface area contributed by atoms with E-state index in [1.165, 1.54) is 24.3 Å². The first kappa shape index (κ1) is 27.8. The van der Waals surface area contributed by atoms with E-state index in [2.05, 4.69) is 20.5 Å². The van der Waals surface area contributed by atoms with Crippen molar-refractivity contribution < 1.29 is 42.0 Å². The van der Waals surface area contributed by atoms with Crippen molar-refractivity contribution in [3.05, 3.63) is 72.8 Å². The first-order valence-electron chi connectivity index (χ1n) is 10.3. The van der Waals surface area contributed by atoms with E-state index < -0.39 is 56.8 Å². The number of phenols is 1. The van der Waals surface area contributed by atoms with Gasteiger partial charge in [0.25, 0.3) is 0 Å². The minimum absolute atomic E-state index is 0.157. The molecule has 11 nitrogen and oxygen atoms in total. The second kappa shape index (κ2) is 10.2. The van der Waals surface area contributed by atoms with Crippen molar-refractivity contribution >= 4 is 64.2 Å². The summed E-state index contributed by atoms with van der Waals surface area (Å²) in [7, 11) is -16.2. The van der Waals surface area contributed by atoms with Gasteiger partial charge in [0.1, 0.15) is 9.79 Å². The van der Waals surface area contributed by atoms with Gasteiger partial charge in [-0.2, -0.15) is 35.5 Å². The molecule has 0 heterocycles. The Hall–Kier alpha value is -4.22. The zero-order valence-corrected chi connectivity index (χ0v) is 21.4. The lowest BCUT2D eigenvalue weighted by molar-refractivity contribution is 0.437. The van der Waals surface area contributed by atoms with E-state index in [1.807, 2.05) is 0 Å². The van der Waals surface area contributed by atoms with Gasteiger partial charge in [-0.3, -0.25) is 0 Å². The molecular formula is C22H13F3N4O7S3. The van der Waals surface area contributed by atoms with E-state index in [1.54, 1.807) is 24.3 Å². The van der Waals surface area contributed by atoms with Gasteiger partial charge in [-0.15, -0.1) is 21.9 Å². The van der Waals surface area contributed by atoms with Gasteiger partial charge in [-0.1, -0.05) is 24.3 Å². The molecule has 39 heavy (non-hydrogen) atoms. The summed E-state index contributed by atoms with van der Waals surface area (Å²) < 4.78 is 107. The van der Waals surface area contributed by atoms with Crippen molar-refractivity contribution in [2.45, 2.75) is 14.7 Å². The number of hydrogen-bond donors (Lipinski definition) is 1. The number of hydrogen-bond acceptors (Lipinski definition) is 11. The average molecular weight is 599 g/mol. The SMILES string of the molecule is O=S(=O)(F)c1ccc(N=Nc2ccc(N=Nc3cc(S(=O)(=O)F)c(O)c(S(=O)(=O)F)c3)c3ccccc23)cc1. The highest BCUT2D eigenvalue weighted by Crippen LogP contribution is 2.39. The van der Waals surface area contributed by atoms with Crippen molar-refractivity contribution in [2.24, 2.45) is 20.5 Å². The normalized spacial score (nSPS) is 13.0. The number of azo groups is 2. The molecule has 0 bridgehead atoms. The maximum absolute atomic E-state index is 13.6. The quantitative estimate of drug-likeness (QED) is 0.191. The molecule has 0 aliphatic rings. The molecule has 4 aromatic carbocycles. The molecule has 0 aromatic heterocycles. The van der Waals surface area contributed by atoms with E-state index in [-0.39, 0.29) is 11.4 Å².